The van der Waals surface area contributed by atoms with Gasteiger partial charge in [0.25, 0.3) is 5.91 Å². The third kappa shape index (κ3) is 3.66. The third-order valence-electron chi connectivity index (χ3n) is 4.14. The van der Waals surface area contributed by atoms with Crippen molar-refractivity contribution in [3.63, 3.8) is 0 Å². The van der Waals surface area contributed by atoms with Crippen LogP contribution < -0.4 is 5.43 Å². The van der Waals surface area contributed by atoms with E-state index in [9.17, 15) is 9.59 Å². The van der Waals surface area contributed by atoms with Crippen molar-refractivity contribution in [2.24, 2.45) is 5.10 Å². The van der Waals surface area contributed by atoms with Crippen molar-refractivity contribution in [1.82, 2.24) is 10.4 Å². The fourth-order valence-corrected chi connectivity index (χ4v) is 2.91. The van der Waals surface area contributed by atoms with Crippen LogP contribution in [0.15, 0.2) is 33.9 Å². The molecule has 136 valence electrons. The highest BCUT2D eigenvalue weighted by atomic mass is 16.5. The van der Waals surface area contributed by atoms with Crippen molar-refractivity contribution in [2.45, 2.75) is 39.5 Å². The first-order chi connectivity index (χ1) is 12.6. The van der Waals surface area contributed by atoms with Gasteiger partial charge in [0.15, 0.2) is 0 Å². The summed E-state index contributed by atoms with van der Waals surface area (Å²) < 4.78 is 10.9. The predicted molar refractivity (Wildman–Crippen MR) is 95.2 cm³/mol. The van der Waals surface area contributed by atoms with E-state index in [4.69, 9.17) is 9.15 Å². The standard InChI is InChI=1S/C19H21N3O4/c1-3-11-25-19(24)17-12(2)16-13(8-6-9-15(16)26-17)21-22-18(23)14-7-4-5-10-20-14/h4-5,7,10H,3,6,8-9,11H2,1-2H3,(H,22,23)/b21-13+. The number of aromatic nitrogens is 1. The zero-order chi connectivity index (χ0) is 18.5. The van der Waals surface area contributed by atoms with E-state index in [-0.39, 0.29) is 11.7 Å². The van der Waals surface area contributed by atoms with E-state index in [1.807, 2.05) is 13.8 Å². The molecule has 1 aliphatic rings. The Kier molecular flexibility index (Phi) is 5.46. The van der Waals surface area contributed by atoms with Crippen molar-refractivity contribution in [2.75, 3.05) is 6.61 Å². The number of amides is 1. The van der Waals surface area contributed by atoms with Gasteiger partial charge >= 0.3 is 5.97 Å². The molecule has 2 aromatic heterocycles. The van der Waals surface area contributed by atoms with Crippen LogP contribution in [0.4, 0.5) is 0 Å². The number of ether oxygens (including phenoxy) is 1. The predicted octanol–water partition coefficient (Wildman–Crippen LogP) is 3.02. The molecule has 0 saturated carbocycles. The van der Waals surface area contributed by atoms with Gasteiger partial charge in [-0.05, 0) is 38.3 Å². The fourth-order valence-electron chi connectivity index (χ4n) is 2.91. The van der Waals surface area contributed by atoms with Gasteiger partial charge in [-0.3, -0.25) is 9.78 Å². The number of carbonyl (C=O) groups is 2. The molecule has 0 atom stereocenters. The second kappa shape index (κ2) is 7.95. The Hall–Kier alpha value is -2.96. The van der Waals surface area contributed by atoms with Gasteiger partial charge in [0.2, 0.25) is 5.76 Å². The molecule has 1 aliphatic carbocycles. The molecule has 0 unspecified atom stereocenters. The molecule has 2 aromatic rings. The summed E-state index contributed by atoms with van der Waals surface area (Å²) in [5.74, 6) is 0.0849. The maximum atomic E-state index is 12.2. The van der Waals surface area contributed by atoms with Crippen molar-refractivity contribution in [3.05, 3.63) is 52.7 Å². The van der Waals surface area contributed by atoms with Crippen molar-refractivity contribution >= 4 is 17.6 Å². The normalized spacial score (nSPS) is 14.8. The highest BCUT2D eigenvalue weighted by molar-refractivity contribution is 6.06. The van der Waals surface area contributed by atoms with Crippen LogP contribution in [0.5, 0.6) is 0 Å². The SMILES string of the molecule is CCCOC(=O)c1oc2c(c1C)/C(=N/NC(=O)c1ccccn1)CCC2. The molecule has 0 aromatic carbocycles. The Morgan fingerprint density at radius 3 is 2.92 bits per heavy atom. The average molecular weight is 355 g/mol. The molecule has 1 N–H and O–H groups in total. The summed E-state index contributed by atoms with van der Waals surface area (Å²) in [7, 11) is 0. The first-order valence-corrected chi connectivity index (χ1v) is 8.69. The number of hydrogen-bond acceptors (Lipinski definition) is 6. The smallest absolute Gasteiger partial charge is 0.374 e. The van der Waals surface area contributed by atoms with Gasteiger partial charge in [-0.15, -0.1) is 0 Å². The minimum Gasteiger partial charge on any atom is -0.460 e. The number of hydrogen-bond donors (Lipinski definition) is 1. The Bertz CT molecular complexity index is 840. The molecule has 0 radical (unpaired) electrons. The van der Waals surface area contributed by atoms with Crippen LogP contribution >= 0.6 is 0 Å². The molecule has 0 saturated heterocycles. The molecule has 0 bridgehead atoms. The topological polar surface area (TPSA) is 93.8 Å². The van der Waals surface area contributed by atoms with Gasteiger partial charge < -0.3 is 9.15 Å². The van der Waals surface area contributed by atoms with Crippen LogP contribution in [-0.2, 0) is 11.2 Å². The number of carbonyl (C=O) groups excluding carboxylic acids is 2. The minimum atomic E-state index is -0.462. The van der Waals surface area contributed by atoms with Crippen LogP contribution in [0.25, 0.3) is 0 Å². The van der Waals surface area contributed by atoms with Crippen molar-refractivity contribution in [1.29, 1.82) is 0 Å². The van der Waals surface area contributed by atoms with E-state index in [0.717, 1.165) is 24.8 Å². The van der Waals surface area contributed by atoms with E-state index in [1.165, 1.54) is 0 Å². The Balaban J connectivity index is 1.83. The summed E-state index contributed by atoms with van der Waals surface area (Å²) >= 11 is 0. The van der Waals surface area contributed by atoms with Crippen molar-refractivity contribution in [3.8, 4) is 0 Å². The number of rotatable bonds is 5. The first kappa shape index (κ1) is 17.8. The lowest BCUT2D eigenvalue weighted by atomic mass is 9.93. The van der Waals surface area contributed by atoms with E-state index in [2.05, 4.69) is 15.5 Å². The third-order valence-corrected chi connectivity index (χ3v) is 4.14. The minimum absolute atomic E-state index is 0.217. The van der Waals surface area contributed by atoms with Gasteiger partial charge in [0.05, 0.1) is 12.3 Å². The van der Waals surface area contributed by atoms with Crippen molar-refractivity contribution < 1.29 is 18.7 Å². The molecule has 1 amide bonds. The molecule has 26 heavy (non-hydrogen) atoms. The second-order valence-electron chi connectivity index (χ2n) is 6.06. The number of nitrogens with zero attached hydrogens (tertiary/aromatic N) is 2. The number of aryl methyl sites for hydroxylation is 1. The molecular formula is C19H21N3O4. The summed E-state index contributed by atoms with van der Waals surface area (Å²) in [6, 6.07) is 5.10. The Morgan fingerprint density at radius 2 is 2.19 bits per heavy atom. The molecule has 3 rings (SSSR count). The highest BCUT2D eigenvalue weighted by Gasteiger charge is 2.28. The van der Waals surface area contributed by atoms with Crippen LogP contribution in [0.1, 0.15) is 64.1 Å². The number of nitrogens with one attached hydrogen (secondary N) is 1. The first-order valence-electron chi connectivity index (χ1n) is 8.69. The molecule has 0 spiro atoms. The Labute approximate surface area is 151 Å². The lowest BCUT2D eigenvalue weighted by molar-refractivity contribution is 0.0465. The molecule has 7 nitrogen and oxygen atoms in total. The van der Waals surface area contributed by atoms with Crippen LogP contribution in [0, 0.1) is 6.92 Å². The zero-order valence-corrected chi connectivity index (χ0v) is 14.9. The second-order valence-corrected chi connectivity index (χ2v) is 6.06. The van der Waals surface area contributed by atoms with Crippen LogP contribution in [0.2, 0.25) is 0 Å². The summed E-state index contributed by atoms with van der Waals surface area (Å²) in [5, 5.41) is 4.26. The van der Waals surface area contributed by atoms with E-state index < -0.39 is 5.97 Å². The lowest BCUT2D eigenvalue weighted by Crippen LogP contribution is -2.22. The quantitative estimate of drug-likeness (QED) is 0.657. The molecule has 0 aliphatic heterocycles. The number of esters is 1. The summed E-state index contributed by atoms with van der Waals surface area (Å²) in [5.41, 5.74) is 5.02. The van der Waals surface area contributed by atoms with Crippen LogP contribution in [-0.4, -0.2) is 29.2 Å². The summed E-state index contributed by atoms with van der Waals surface area (Å²) in [6.45, 7) is 4.10. The zero-order valence-electron chi connectivity index (χ0n) is 14.9. The summed E-state index contributed by atoms with van der Waals surface area (Å²) in [4.78, 5) is 28.3. The van der Waals surface area contributed by atoms with Gasteiger partial charge in [0.1, 0.15) is 11.5 Å². The fraction of sp³-hybridized carbons (Fsp3) is 0.368. The molecule has 2 heterocycles. The van der Waals surface area contributed by atoms with Gasteiger partial charge in [-0.2, -0.15) is 5.10 Å². The maximum absolute atomic E-state index is 12.2. The van der Waals surface area contributed by atoms with Crippen LogP contribution in [0.3, 0.4) is 0 Å². The van der Waals surface area contributed by atoms with Gasteiger partial charge in [0, 0.05) is 23.7 Å². The number of hydrazone groups is 1. The van der Waals surface area contributed by atoms with Gasteiger partial charge in [-0.25, -0.2) is 10.2 Å². The van der Waals surface area contributed by atoms with E-state index in [1.54, 1.807) is 24.4 Å². The molecule has 0 fully saturated rings. The number of furan rings is 1. The lowest BCUT2D eigenvalue weighted by Gasteiger charge is -2.13. The maximum Gasteiger partial charge on any atom is 0.374 e. The molecular weight excluding hydrogens is 334 g/mol. The average Bonchev–Trinajstić information content (AvgIpc) is 3.02. The van der Waals surface area contributed by atoms with E-state index >= 15 is 0 Å². The summed E-state index contributed by atoms with van der Waals surface area (Å²) in [6.07, 6.45) is 4.55. The molecule has 7 heteroatoms. The monoisotopic (exact) mass is 355 g/mol. The Morgan fingerprint density at radius 1 is 1.35 bits per heavy atom. The largest absolute Gasteiger partial charge is 0.460 e. The highest BCUT2D eigenvalue weighted by Crippen LogP contribution is 2.30. The van der Waals surface area contributed by atoms with E-state index in [0.29, 0.717) is 35.8 Å². The number of pyridine rings is 1. The number of fused-ring (bicyclic) bond motifs is 1. The van der Waals surface area contributed by atoms with Gasteiger partial charge in [-0.1, -0.05) is 13.0 Å².